The second-order valence-electron chi connectivity index (χ2n) is 4.28. The van der Waals surface area contributed by atoms with Crippen LogP contribution in [0.1, 0.15) is 11.1 Å². The highest BCUT2D eigenvalue weighted by atomic mass is 32.2. The van der Waals surface area contributed by atoms with Gasteiger partial charge in [-0.2, -0.15) is 5.26 Å². The third kappa shape index (κ3) is 2.73. The molecule has 2 rings (SSSR count). The van der Waals surface area contributed by atoms with Crippen LogP contribution in [0.25, 0.3) is 0 Å². The Kier molecular flexibility index (Phi) is 3.63. The number of nitriles is 1. The minimum Gasteiger partial charge on any atom is -0.398 e. The van der Waals surface area contributed by atoms with E-state index in [1.165, 1.54) is 18.2 Å². The molecule has 6 heteroatoms. The number of nitrogen functional groups attached to an aromatic ring is 1. The molecule has 0 radical (unpaired) electrons. The molecule has 0 saturated carbocycles. The first-order valence-electron chi connectivity index (χ1n) is 5.82. The van der Waals surface area contributed by atoms with Gasteiger partial charge in [0, 0.05) is 0 Å². The Morgan fingerprint density at radius 3 is 2.55 bits per heavy atom. The molecule has 0 fully saturated rings. The SMILES string of the molecule is Cc1ccc(C#N)cc1NS(=O)(=O)c1ccccc1N. The Balaban J connectivity index is 2.44. The van der Waals surface area contributed by atoms with Crippen molar-refractivity contribution < 1.29 is 8.42 Å². The molecule has 5 nitrogen and oxygen atoms in total. The number of aryl methyl sites for hydroxylation is 1. The number of nitrogens with one attached hydrogen (secondary N) is 1. The number of sulfonamides is 1. The summed E-state index contributed by atoms with van der Waals surface area (Å²) in [7, 11) is -3.78. The van der Waals surface area contributed by atoms with E-state index in [1.807, 2.05) is 6.07 Å². The van der Waals surface area contributed by atoms with Crippen molar-refractivity contribution in [3.63, 3.8) is 0 Å². The molecule has 0 amide bonds. The summed E-state index contributed by atoms with van der Waals surface area (Å²) in [5, 5.41) is 8.87. The molecule has 0 aliphatic heterocycles. The molecule has 2 aromatic rings. The fraction of sp³-hybridized carbons (Fsp3) is 0.0714. The van der Waals surface area contributed by atoms with Crippen molar-refractivity contribution in [3.05, 3.63) is 53.6 Å². The monoisotopic (exact) mass is 287 g/mol. The number of para-hydroxylation sites is 1. The lowest BCUT2D eigenvalue weighted by Gasteiger charge is -2.12. The maximum Gasteiger partial charge on any atom is 0.263 e. The Morgan fingerprint density at radius 1 is 1.20 bits per heavy atom. The second-order valence-corrected chi connectivity index (χ2v) is 5.94. The number of nitrogens with two attached hydrogens (primary N) is 1. The first-order valence-corrected chi connectivity index (χ1v) is 7.30. The summed E-state index contributed by atoms with van der Waals surface area (Å²) in [5.74, 6) is 0. The summed E-state index contributed by atoms with van der Waals surface area (Å²) in [6.45, 7) is 1.76. The van der Waals surface area contributed by atoms with Crippen LogP contribution in [-0.4, -0.2) is 8.42 Å². The lowest BCUT2D eigenvalue weighted by atomic mass is 10.1. The second kappa shape index (κ2) is 5.23. The molecular weight excluding hydrogens is 274 g/mol. The lowest BCUT2D eigenvalue weighted by Crippen LogP contribution is -2.15. The van der Waals surface area contributed by atoms with Crippen molar-refractivity contribution in [3.8, 4) is 6.07 Å². The first kappa shape index (κ1) is 13.9. The normalized spacial score (nSPS) is 10.8. The van der Waals surface area contributed by atoms with Gasteiger partial charge in [-0.25, -0.2) is 8.42 Å². The summed E-state index contributed by atoms with van der Waals surface area (Å²) in [6.07, 6.45) is 0. The fourth-order valence-electron chi connectivity index (χ4n) is 1.73. The molecule has 102 valence electrons. The molecule has 2 aromatic carbocycles. The van der Waals surface area contributed by atoms with Gasteiger partial charge in [0.15, 0.2) is 0 Å². The molecule has 0 aliphatic rings. The standard InChI is InChI=1S/C14H13N3O2S/c1-10-6-7-11(9-15)8-13(10)17-20(18,19)14-5-3-2-4-12(14)16/h2-8,17H,16H2,1H3. The smallest absolute Gasteiger partial charge is 0.263 e. The van der Waals surface area contributed by atoms with Crippen LogP contribution in [-0.2, 0) is 10.0 Å². The van der Waals surface area contributed by atoms with E-state index in [9.17, 15) is 8.42 Å². The van der Waals surface area contributed by atoms with E-state index in [1.54, 1.807) is 31.2 Å². The molecule has 0 bridgehead atoms. The minimum atomic E-state index is -3.78. The highest BCUT2D eigenvalue weighted by Crippen LogP contribution is 2.23. The van der Waals surface area contributed by atoms with Crippen LogP contribution in [0.4, 0.5) is 11.4 Å². The highest BCUT2D eigenvalue weighted by Gasteiger charge is 2.18. The van der Waals surface area contributed by atoms with E-state index in [2.05, 4.69) is 4.72 Å². The molecule has 0 heterocycles. The van der Waals surface area contributed by atoms with E-state index in [4.69, 9.17) is 11.0 Å². The zero-order valence-corrected chi connectivity index (χ0v) is 11.6. The van der Waals surface area contributed by atoms with E-state index >= 15 is 0 Å². The van der Waals surface area contributed by atoms with Gasteiger partial charge in [-0.1, -0.05) is 18.2 Å². The predicted molar refractivity (Wildman–Crippen MR) is 77.6 cm³/mol. The summed E-state index contributed by atoms with van der Waals surface area (Å²) in [4.78, 5) is 0.0155. The number of hydrogen-bond acceptors (Lipinski definition) is 4. The van der Waals surface area contributed by atoms with E-state index in [-0.39, 0.29) is 10.6 Å². The van der Waals surface area contributed by atoms with Gasteiger partial charge >= 0.3 is 0 Å². The van der Waals surface area contributed by atoms with Gasteiger partial charge < -0.3 is 5.73 Å². The number of benzene rings is 2. The van der Waals surface area contributed by atoms with Gasteiger partial charge in [0.05, 0.1) is 23.0 Å². The van der Waals surface area contributed by atoms with Gasteiger partial charge in [-0.15, -0.1) is 0 Å². The van der Waals surface area contributed by atoms with Crippen molar-refractivity contribution in [2.45, 2.75) is 11.8 Å². The fourth-order valence-corrected chi connectivity index (χ4v) is 2.98. The Morgan fingerprint density at radius 2 is 1.90 bits per heavy atom. The van der Waals surface area contributed by atoms with Crippen LogP contribution in [0, 0.1) is 18.3 Å². The molecule has 0 unspecified atom stereocenters. The minimum absolute atomic E-state index is 0.0155. The Bertz CT molecular complexity index is 792. The van der Waals surface area contributed by atoms with Crippen molar-refractivity contribution in [2.75, 3.05) is 10.5 Å². The van der Waals surface area contributed by atoms with Crippen LogP contribution in [0.2, 0.25) is 0 Å². The van der Waals surface area contributed by atoms with Crippen LogP contribution >= 0.6 is 0 Å². The number of nitrogens with zero attached hydrogens (tertiary/aromatic N) is 1. The van der Waals surface area contributed by atoms with Crippen molar-refractivity contribution in [2.24, 2.45) is 0 Å². The van der Waals surface area contributed by atoms with Crippen LogP contribution in [0.15, 0.2) is 47.4 Å². The highest BCUT2D eigenvalue weighted by molar-refractivity contribution is 7.92. The molecule has 0 atom stereocenters. The average molecular weight is 287 g/mol. The molecule has 20 heavy (non-hydrogen) atoms. The number of rotatable bonds is 3. The quantitative estimate of drug-likeness (QED) is 0.846. The zero-order valence-electron chi connectivity index (χ0n) is 10.8. The topological polar surface area (TPSA) is 96.0 Å². The van der Waals surface area contributed by atoms with Gasteiger partial charge in [-0.05, 0) is 36.8 Å². The largest absolute Gasteiger partial charge is 0.398 e. The number of anilines is 2. The Hall–Kier alpha value is -2.52. The number of hydrogen-bond donors (Lipinski definition) is 2. The van der Waals surface area contributed by atoms with Crippen LogP contribution in [0.3, 0.4) is 0 Å². The molecular formula is C14H13N3O2S. The third-order valence-electron chi connectivity index (χ3n) is 2.82. The van der Waals surface area contributed by atoms with Gasteiger partial charge in [0.2, 0.25) is 0 Å². The van der Waals surface area contributed by atoms with Gasteiger partial charge in [-0.3, -0.25) is 4.72 Å². The molecule has 0 aliphatic carbocycles. The molecule has 3 N–H and O–H groups in total. The predicted octanol–water partition coefficient (Wildman–Crippen LogP) is 2.25. The first-order chi connectivity index (χ1) is 9.44. The van der Waals surface area contributed by atoms with E-state index in [0.29, 0.717) is 11.3 Å². The lowest BCUT2D eigenvalue weighted by molar-refractivity contribution is 0.601. The van der Waals surface area contributed by atoms with Crippen molar-refractivity contribution in [1.82, 2.24) is 0 Å². The van der Waals surface area contributed by atoms with Crippen LogP contribution in [0.5, 0.6) is 0 Å². The summed E-state index contributed by atoms with van der Waals surface area (Å²) < 4.78 is 27.1. The van der Waals surface area contributed by atoms with Crippen molar-refractivity contribution >= 4 is 21.4 Å². The maximum absolute atomic E-state index is 12.3. The molecule has 0 saturated heterocycles. The maximum atomic E-state index is 12.3. The van der Waals surface area contributed by atoms with Crippen molar-refractivity contribution in [1.29, 1.82) is 5.26 Å². The summed E-state index contributed by atoms with van der Waals surface area (Å²) in [5.41, 5.74) is 7.33. The Labute approximate surface area is 117 Å². The summed E-state index contributed by atoms with van der Waals surface area (Å²) >= 11 is 0. The van der Waals surface area contributed by atoms with Gasteiger partial charge in [0.1, 0.15) is 4.90 Å². The molecule has 0 aromatic heterocycles. The zero-order chi connectivity index (χ0) is 14.8. The molecule has 0 spiro atoms. The third-order valence-corrected chi connectivity index (χ3v) is 4.26. The van der Waals surface area contributed by atoms with E-state index in [0.717, 1.165) is 5.56 Å². The van der Waals surface area contributed by atoms with E-state index < -0.39 is 10.0 Å². The average Bonchev–Trinajstić information content (AvgIpc) is 2.41. The van der Waals surface area contributed by atoms with Crippen LogP contribution < -0.4 is 10.5 Å². The summed E-state index contributed by atoms with van der Waals surface area (Å²) in [6, 6.07) is 13.0. The van der Waals surface area contributed by atoms with Gasteiger partial charge in [0.25, 0.3) is 10.0 Å².